The molecule has 0 spiro atoms. The van der Waals surface area contributed by atoms with E-state index >= 15 is 0 Å². The molecular formula is C27H24O5S. The van der Waals surface area contributed by atoms with E-state index in [0.29, 0.717) is 0 Å². The smallest absolute Gasteiger partial charge is 0.246 e. The first-order chi connectivity index (χ1) is 15.5. The third kappa shape index (κ3) is 2.80. The van der Waals surface area contributed by atoms with Gasteiger partial charge in [-0.2, -0.15) is 0 Å². The van der Waals surface area contributed by atoms with Gasteiger partial charge in [-0.15, -0.1) is 0 Å². The van der Waals surface area contributed by atoms with Gasteiger partial charge in [0.1, 0.15) is 5.75 Å². The van der Waals surface area contributed by atoms with Crippen molar-refractivity contribution in [3.05, 3.63) is 36.4 Å². The monoisotopic (exact) mass is 460 g/mol. The molecule has 3 aliphatic heterocycles. The summed E-state index contributed by atoms with van der Waals surface area (Å²) < 4.78 is 30.6. The summed E-state index contributed by atoms with van der Waals surface area (Å²) in [5.41, 5.74) is 0. The van der Waals surface area contributed by atoms with Crippen LogP contribution in [0.2, 0.25) is 0 Å². The summed E-state index contributed by atoms with van der Waals surface area (Å²) in [5.74, 6) is 2.55. The molecule has 33 heavy (non-hydrogen) atoms. The van der Waals surface area contributed by atoms with E-state index in [4.69, 9.17) is 23.7 Å². The van der Waals surface area contributed by atoms with Crippen LogP contribution in [0.25, 0.3) is 32.3 Å². The molecule has 0 unspecified atom stereocenters. The molecule has 5 nitrogen and oxygen atoms in total. The van der Waals surface area contributed by atoms with Crippen molar-refractivity contribution in [3.63, 3.8) is 0 Å². The zero-order valence-corrected chi connectivity index (χ0v) is 20.2. The van der Waals surface area contributed by atoms with Crippen molar-refractivity contribution in [1.29, 1.82) is 0 Å². The maximum absolute atomic E-state index is 6.25. The second kappa shape index (κ2) is 5.73. The Morgan fingerprint density at radius 1 is 0.455 bits per heavy atom. The minimum absolute atomic E-state index is 0.296. The summed E-state index contributed by atoms with van der Waals surface area (Å²) in [6, 6.07) is 12.8. The van der Waals surface area contributed by atoms with E-state index in [-0.39, 0.29) is 4.93 Å². The first kappa shape index (κ1) is 19.5. The lowest BCUT2D eigenvalue weighted by Crippen LogP contribution is -2.29. The summed E-state index contributed by atoms with van der Waals surface area (Å²) in [5, 5.41) is 6.65. The lowest BCUT2D eigenvalue weighted by molar-refractivity contribution is -0.0437. The van der Waals surface area contributed by atoms with Gasteiger partial charge in [0, 0.05) is 27.7 Å². The zero-order valence-electron chi connectivity index (χ0n) is 19.4. The average Bonchev–Trinajstić information content (AvgIpc) is 3.28. The molecule has 3 heterocycles. The molecular weight excluding hydrogens is 436 g/mol. The van der Waals surface area contributed by atoms with Crippen LogP contribution in [-0.2, 0) is 0 Å². The fourth-order valence-electron chi connectivity index (χ4n) is 5.15. The van der Waals surface area contributed by atoms with Crippen molar-refractivity contribution in [2.75, 3.05) is 0 Å². The van der Waals surface area contributed by atoms with Crippen LogP contribution in [0.1, 0.15) is 41.5 Å². The highest BCUT2D eigenvalue weighted by atomic mass is 32.2. The van der Waals surface area contributed by atoms with Crippen LogP contribution in [0.15, 0.2) is 41.3 Å². The summed E-state index contributed by atoms with van der Waals surface area (Å²) in [6.45, 7) is 11.9. The normalized spacial score (nSPS) is 20.4. The molecule has 0 aromatic heterocycles. The maximum Gasteiger partial charge on any atom is 0.246 e. The molecule has 0 atom stereocenters. The van der Waals surface area contributed by atoms with Gasteiger partial charge in [-0.25, -0.2) is 0 Å². The Kier molecular flexibility index (Phi) is 3.38. The number of hydrogen-bond acceptors (Lipinski definition) is 6. The highest BCUT2D eigenvalue weighted by Crippen LogP contribution is 2.53. The molecule has 6 heteroatoms. The molecule has 0 bridgehead atoms. The van der Waals surface area contributed by atoms with Crippen molar-refractivity contribution < 1.29 is 23.7 Å². The van der Waals surface area contributed by atoms with E-state index in [1.807, 2.05) is 27.7 Å². The maximum atomic E-state index is 6.25. The van der Waals surface area contributed by atoms with Crippen molar-refractivity contribution in [2.45, 2.75) is 62.9 Å². The number of benzene rings is 4. The Morgan fingerprint density at radius 2 is 0.788 bits per heavy atom. The summed E-state index contributed by atoms with van der Waals surface area (Å²) >= 11 is 1.74. The van der Waals surface area contributed by atoms with E-state index in [0.717, 1.165) is 66.0 Å². The predicted molar refractivity (Wildman–Crippen MR) is 130 cm³/mol. The second-order valence-corrected chi connectivity index (χ2v) is 12.0. The highest BCUT2D eigenvalue weighted by Gasteiger charge is 2.36. The highest BCUT2D eigenvalue weighted by molar-refractivity contribution is 8.00. The van der Waals surface area contributed by atoms with Gasteiger partial charge in [0.25, 0.3) is 0 Å². The van der Waals surface area contributed by atoms with Crippen LogP contribution in [0.3, 0.4) is 0 Å². The van der Waals surface area contributed by atoms with E-state index in [1.165, 1.54) is 0 Å². The second-order valence-electron chi connectivity index (χ2n) is 10.3. The summed E-state index contributed by atoms with van der Waals surface area (Å²) in [7, 11) is 0. The van der Waals surface area contributed by atoms with Crippen LogP contribution in [0.5, 0.6) is 28.7 Å². The topological polar surface area (TPSA) is 46.2 Å². The SMILES string of the molecule is CC1(C)Oc2cc3c4cc5c(cc4c4cc6c(cc4c3cc2O1)OC(C)(C)S6)OC(C)(C)O5. The Morgan fingerprint density at radius 3 is 1.18 bits per heavy atom. The van der Waals surface area contributed by atoms with Gasteiger partial charge < -0.3 is 23.7 Å². The molecule has 0 fully saturated rings. The minimum Gasteiger partial charge on any atom is -0.476 e. The quantitative estimate of drug-likeness (QED) is 0.255. The zero-order chi connectivity index (χ0) is 22.9. The standard InChI is InChI=1S/C27H24O5S/c1-25(2)28-19-7-13-14-8-20-22(31-26(3,4)29-20)10-16(14)18-12-24-23(32-27(5,6)33-24)11-17(18)15(13)9-21(19)30-25/h7-12H,1-6H3. The van der Waals surface area contributed by atoms with E-state index in [9.17, 15) is 0 Å². The van der Waals surface area contributed by atoms with Crippen LogP contribution < -0.4 is 23.7 Å². The van der Waals surface area contributed by atoms with Crippen molar-refractivity contribution in [2.24, 2.45) is 0 Å². The number of rotatable bonds is 0. The molecule has 3 aliphatic rings. The molecule has 0 saturated heterocycles. The summed E-state index contributed by atoms with van der Waals surface area (Å²) in [6.07, 6.45) is 0. The van der Waals surface area contributed by atoms with Gasteiger partial charge in [0.2, 0.25) is 11.6 Å². The van der Waals surface area contributed by atoms with Gasteiger partial charge in [-0.05, 0) is 82.6 Å². The third-order valence-electron chi connectivity index (χ3n) is 6.26. The largest absolute Gasteiger partial charge is 0.476 e. The van der Waals surface area contributed by atoms with Crippen LogP contribution in [-0.4, -0.2) is 16.5 Å². The van der Waals surface area contributed by atoms with E-state index < -0.39 is 11.6 Å². The molecule has 4 aromatic rings. The molecule has 7 rings (SSSR count). The molecule has 4 aromatic carbocycles. The first-order valence-electron chi connectivity index (χ1n) is 11.2. The number of hydrogen-bond donors (Lipinski definition) is 0. The molecule has 0 radical (unpaired) electrons. The molecule has 0 N–H and O–H groups in total. The summed E-state index contributed by atoms with van der Waals surface area (Å²) in [4.78, 5) is 0.850. The van der Waals surface area contributed by atoms with Crippen LogP contribution >= 0.6 is 11.8 Å². The molecule has 0 saturated carbocycles. The Bertz CT molecular complexity index is 1230. The Labute approximate surface area is 195 Å². The lowest BCUT2D eigenvalue weighted by Gasteiger charge is -2.16. The fourth-order valence-corrected chi connectivity index (χ4v) is 6.19. The minimum atomic E-state index is -0.696. The number of thioether (sulfide) groups is 1. The van der Waals surface area contributed by atoms with E-state index in [2.05, 4.69) is 50.2 Å². The Hall–Kier alpha value is -2.99. The Balaban J connectivity index is 1.62. The van der Waals surface area contributed by atoms with Gasteiger partial charge in [0.05, 0.1) is 4.90 Å². The van der Waals surface area contributed by atoms with E-state index in [1.54, 1.807) is 11.8 Å². The van der Waals surface area contributed by atoms with Gasteiger partial charge >= 0.3 is 0 Å². The molecule has 0 aliphatic carbocycles. The number of ether oxygens (including phenoxy) is 5. The molecule has 168 valence electrons. The van der Waals surface area contributed by atoms with Crippen LogP contribution in [0, 0.1) is 0 Å². The van der Waals surface area contributed by atoms with Gasteiger partial charge in [-0.1, -0.05) is 11.8 Å². The third-order valence-corrected chi connectivity index (χ3v) is 7.37. The number of fused-ring (bicyclic) bond motifs is 9. The predicted octanol–water partition coefficient (Wildman–Crippen LogP) is 7.38. The van der Waals surface area contributed by atoms with Crippen molar-refractivity contribution >= 4 is 44.1 Å². The van der Waals surface area contributed by atoms with Crippen LogP contribution in [0.4, 0.5) is 0 Å². The van der Waals surface area contributed by atoms with Crippen molar-refractivity contribution in [1.82, 2.24) is 0 Å². The van der Waals surface area contributed by atoms with Gasteiger partial charge in [0.15, 0.2) is 27.9 Å². The average molecular weight is 461 g/mol. The van der Waals surface area contributed by atoms with Crippen molar-refractivity contribution in [3.8, 4) is 28.7 Å². The lowest BCUT2D eigenvalue weighted by atomic mass is 9.93. The molecule has 0 amide bonds. The first-order valence-corrected chi connectivity index (χ1v) is 12.0. The fraction of sp³-hybridized carbons (Fsp3) is 0.333. The van der Waals surface area contributed by atoms with Gasteiger partial charge in [-0.3, -0.25) is 0 Å².